The van der Waals surface area contributed by atoms with E-state index in [0.717, 1.165) is 67.7 Å². The Kier molecular flexibility index (Phi) is 4.90. The van der Waals surface area contributed by atoms with Crippen molar-refractivity contribution in [3.8, 4) is 0 Å². The summed E-state index contributed by atoms with van der Waals surface area (Å²) in [4.78, 5) is 18.7. The Labute approximate surface area is 152 Å². The van der Waals surface area contributed by atoms with Crippen LogP contribution in [0.4, 0.5) is 5.13 Å². The molecule has 0 saturated carbocycles. The van der Waals surface area contributed by atoms with E-state index < -0.39 is 0 Å². The molecule has 1 saturated heterocycles. The molecule has 130 valence electrons. The molecule has 1 aliphatic rings. The van der Waals surface area contributed by atoms with E-state index in [1.54, 1.807) is 11.3 Å². The van der Waals surface area contributed by atoms with E-state index >= 15 is 0 Å². The van der Waals surface area contributed by atoms with Crippen molar-refractivity contribution in [3.05, 3.63) is 48.0 Å². The van der Waals surface area contributed by atoms with Gasteiger partial charge in [-0.25, -0.2) is 15.0 Å². The van der Waals surface area contributed by atoms with Crippen molar-refractivity contribution in [1.29, 1.82) is 0 Å². The van der Waals surface area contributed by atoms with Crippen LogP contribution in [0.1, 0.15) is 24.9 Å². The molecule has 0 spiro atoms. The number of aryl methyl sites for hydroxylation is 1. The van der Waals surface area contributed by atoms with Gasteiger partial charge in [0.15, 0.2) is 5.13 Å². The maximum atomic E-state index is 4.82. The molecule has 0 N–H and O–H groups in total. The van der Waals surface area contributed by atoms with Crippen LogP contribution in [0, 0.1) is 0 Å². The lowest BCUT2D eigenvalue weighted by Crippen LogP contribution is -2.30. The molecule has 1 aromatic carbocycles. The largest absolute Gasteiger partial charge is 0.347 e. The average Bonchev–Trinajstić information content (AvgIpc) is 2.95. The average molecular weight is 353 g/mol. The van der Waals surface area contributed by atoms with Gasteiger partial charge in [0.1, 0.15) is 5.82 Å². The highest BCUT2D eigenvalue weighted by molar-refractivity contribution is 7.22. The van der Waals surface area contributed by atoms with Gasteiger partial charge < -0.3 is 4.90 Å². The minimum atomic E-state index is 0.888. The first-order valence-electron chi connectivity index (χ1n) is 8.95. The third-order valence-electron chi connectivity index (χ3n) is 4.61. The Morgan fingerprint density at radius 2 is 1.96 bits per heavy atom. The van der Waals surface area contributed by atoms with Gasteiger partial charge in [0.25, 0.3) is 0 Å². The number of para-hydroxylation sites is 1. The molecule has 1 aliphatic heterocycles. The van der Waals surface area contributed by atoms with Crippen molar-refractivity contribution in [2.45, 2.75) is 26.3 Å². The molecule has 4 rings (SSSR count). The fraction of sp³-hybridized carbons (Fsp3) is 0.421. The fourth-order valence-corrected chi connectivity index (χ4v) is 4.26. The minimum Gasteiger partial charge on any atom is -0.347 e. The monoisotopic (exact) mass is 353 g/mol. The van der Waals surface area contributed by atoms with E-state index in [9.17, 15) is 0 Å². The zero-order valence-electron chi connectivity index (χ0n) is 14.6. The van der Waals surface area contributed by atoms with E-state index in [1.165, 1.54) is 4.70 Å². The molecule has 1 fully saturated rings. The van der Waals surface area contributed by atoms with Crippen molar-refractivity contribution in [1.82, 2.24) is 19.9 Å². The minimum absolute atomic E-state index is 0.888. The van der Waals surface area contributed by atoms with Gasteiger partial charge in [0, 0.05) is 45.3 Å². The molecule has 0 aliphatic carbocycles. The van der Waals surface area contributed by atoms with Gasteiger partial charge >= 0.3 is 0 Å². The van der Waals surface area contributed by atoms with Gasteiger partial charge in [-0.05, 0) is 24.6 Å². The first-order chi connectivity index (χ1) is 12.3. The summed E-state index contributed by atoms with van der Waals surface area (Å²) in [6, 6.07) is 10.4. The lowest BCUT2D eigenvalue weighted by atomic mass is 10.3. The summed E-state index contributed by atoms with van der Waals surface area (Å²) in [7, 11) is 0. The summed E-state index contributed by atoms with van der Waals surface area (Å²) in [6.07, 6.45) is 3.92. The second-order valence-electron chi connectivity index (χ2n) is 6.40. The third-order valence-corrected chi connectivity index (χ3v) is 5.70. The van der Waals surface area contributed by atoms with Crippen molar-refractivity contribution < 1.29 is 0 Å². The number of fused-ring (bicyclic) bond motifs is 1. The normalized spacial score (nSPS) is 16.3. The van der Waals surface area contributed by atoms with Gasteiger partial charge in [0.05, 0.1) is 15.9 Å². The molecule has 3 heterocycles. The van der Waals surface area contributed by atoms with Crippen LogP contribution in [0.15, 0.2) is 36.5 Å². The van der Waals surface area contributed by atoms with Crippen LogP contribution in [0.5, 0.6) is 0 Å². The van der Waals surface area contributed by atoms with Gasteiger partial charge in [0.2, 0.25) is 0 Å². The molecule has 0 atom stereocenters. The molecule has 0 radical (unpaired) electrons. The summed E-state index contributed by atoms with van der Waals surface area (Å²) < 4.78 is 1.27. The molecule has 2 aromatic heterocycles. The first-order valence-corrected chi connectivity index (χ1v) is 9.77. The SMILES string of the molecule is CCc1nccc(CN2CCCN(c3nc4ccccc4s3)CC2)n1. The number of hydrogen-bond donors (Lipinski definition) is 0. The number of anilines is 1. The molecule has 5 nitrogen and oxygen atoms in total. The van der Waals surface area contributed by atoms with Crippen molar-refractivity contribution in [2.24, 2.45) is 0 Å². The Bertz CT molecular complexity index is 813. The van der Waals surface area contributed by atoms with E-state index in [0.29, 0.717) is 0 Å². The summed E-state index contributed by atoms with van der Waals surface area (Å²) in [6.45, 7) is 7.24. The van der Waals surface area contributed by atoms with Gasteiger partial charge in [-0.3, -0.25) is 4.90 Å². The predicted octanol–water partition coefficient (Wildman–Crippen LogP) is 3.36. The number of nitrogens with zero attached hydrogens (tertiary/aromatic N) is 5. The number of aromatic nitrogens is 3. The fourth-order valence-electron chi connectivity index (χ4n) is 3.24. The number of rotatable bonds is 4. The summed E-state index contributed by atoms with van der Waals surface area (Å²) in [5.41, 5.74) is 2.23. The van der Waals surface area contributed by atoms with Gasteiger partial charge in [-0.15, -0.1) is 0 Å². The van der Waals surface area contributed by atoms with Crippen LogP contribution in [0.3, 0.4) is 0 Å². The molecule has 0 amide bonds. The Hall–Kier alpha value is -2.05. The zero-order valence-corrected chi connectivity index (χ0v) is 15.4. The topological polar surface area (TPSA) is 45.2 Å². The van der Waals surface area contributed by atoms with E-state index in [4.69, 9.17) is 4.98 Å². The standard InChI is InChI=1S/C19H23N5S/c1-2-18-20-9-8-15(21-18)14-23-10-5-11-24(13-12-23)19-22-16-6-3-4-7-17(16)25-19/h3-4,6-9H,2,5,10-14H2,1H3. The molecule has 25 heavy (non-hydrogen) atoms. The number of hydrogen-bond acceptors (Lipinski definition) is 6. The van der Waals surface area contributed by atoms with Crippen molar-refractivity contribution in [2.75, 3.05) is 31.1 Å². The van der Waals surface area contributed by atoms with Crippen LogP contribution >= 0.6 is 11.3 Å². The second-order valence-corrected chi connectivity index (χ2v) is 7.41. The van der Waals surface area contributed by atoms with Crippen LogP contribution in [0.25, 0.3) is 10.2 Å². The Morgan fingerprint density at radius 1 is 1.04 bits per heavy atom. The van der Waals surface area contributed by atoms with E-state index in [-0.39, 0.29) is 0 Å². The molecular formula is C19H23N5S. The lowest BCUT2D eigenvalue weighted by molar-refractivity contribution is 0.281. The van der Waals surface area contributed by atoms with Crippen LogP contribution in [-0.4, -0.2) is 46.0 Å². The van der Waals surface area contributed by atoms with Crippen LogP contribution < -0.4 is 4.90 Å². The maximum absolute atomic E-state index is 4.82. The maximum Gasteiger partial charge on any atom is 0.186 e. The van der Waals surface area contributed by atoms with Crippen LogP contribution in [-0.2, 0) is 13.0 Å². The summed E-state index contributed by atoms with van der Waals surface area (Å²) in [5, 5.41) is 1.15. The predicted molar refractivity (Wildman–Crippen MR) is 103 cm³/mol. The molecule has 0 bridgehead atoms. The molecule has 6 heteroatoms. The first kappa shape index (κ1) is 16.4. The van der Waals surface area contributed by atoms with E-state index in [1.807, 2.05) is 12.3 Å². The smallest absolute Gasteiger partial charge is 0.186 e. The Morgan fingerprint density at radius 3 is 2.84 bits per heavy atom. The lowest BCUT2D eigenvalue weighted by Gasteiger charge is -2.21. The Balaban J connectivity index is 1.42. The second kappa shape index (κ2) is 7.45. The summed E-state index contributed by atoms with van der Waals surface area (Å²) >= 11 is 1.80. The van der Waals surface area contributed by atoms with Gasteiger partial charge in [-0.2, -0.15) is 0 Å². The summed E-state index contributed by atoms with van der Waals surface area (Å²) in [5.74, 6) is 0.934. The third kappa shape index (κ3) is 3.80. The van der Waals surface area contributed by atoms with E-state index in [2.05, 4.69) is 51.0 Å². The zero-order chi connectivity index (χ0) is 17.1. The molecular weight excluding hydrogens is 330 g/mol. The highest BCUT2D eigenvalue weighted by Gasteiger charge is 2.18. The quantitative estimate of drug-likeness (QED) is 0.720. The molecule has 3 aromatic rings. The van der Waals surface area contributed by atoms with Crippen molar-refractivity contribution in [3.63, 3.8) is 0 Å². The van der Waals surface area contributed by atoms with Crippen molar-refractivity contribution >= 4 is 26.7 Å². The number of benzene rings is 1. The highest BCUT2D eigenvalue weighted by atomic mass is 32.1. The van der Waals surface area contributed by atoms with Crippen LogP contribution in [0.2, 0.25) is 0 Å². The van der Waals surface area contributed by atoms with Gasteiger partial charge in [-0.1, -0.05) is 30.4 Å². The molecule has 0 unspecified atom stereocenters. The number of thiazole rings is 1. The highest BCUT2D eigenvalue weighted by Crippen LogP contribution is 2.29.